The van der Waals surface area contributed by atoms with Crippen molar-refractivity contribution in [2.24, 2.45) is 5.41 Å². The van der Waals surface area contributed by atoms with Gasteiger partial charge >= 0.3 is 5.97 Å². The van der Waals surface area contributed by atoms with E-state index >= 15 is 0 Å². The molecular weight excluding hydrogens is 288 g/mol. The SMILES string of the molecule is CC1(C)CCc2c(-c3cc4ccc(C(=O)O)cc4[nH]3)c[nH]c2C1. The van der Waals surface area contributed by atoms with Crippen LogP contribution in [0.4, 0.5) is 0 Å². The number of aromatic amines is 2. The van der Waals surface area contributed by atoms with Crippen LogP contribution < -0.4 is 0 Å². The Labute approximate surface area is 134 Å². The zero-order valence-electron chi connectivity index (χ0n) is 13.4. The van der Waals surface area contributed by atoms with E-state index in [-0.39, 0.29) is 0 Å². The van der Waals surface area contributed by atoms with Gasteiger partial charge in [-0.3, -0.25) is 0 Å². The van der Waals surface area contributed by atoms with E-state index in [1.807, 2.05) is 6.07 Å². The second-order valence-electron chi connectivity index (χ2n) is 7.29. The maximum atomic E-state index is 11.1. The van der Waals surface area contributed by atoms with E-state index in [1.54, 1.807) is 12.1 Å². The molecule has 1 aromatic carbocycles. The van der Waals surface area contributed by atoms with Crippen LogP contribution in [0.15, 0.2) is 30.5 Å². The van der Waals surface area contributed by atoms with Crippen molar-refractivity contribution in [3.8, 4) is 11.3 Å². The highest BCUT2D eigenvalue weighted by Gasteiger charge is 2.28. The summed E-state index contributed by atoms with van der Waals surface area (Å²) in [6.45, 7) is 4.62. The number of carboxylic acids is 1. The molecule has 23 heavy (non-hydrogen) atoms. The normalized spacial score (nSPS) is 16.4. The zero-order valence-corrected chi connectivity index (χ0v) is 13.4. The highest BCUT2D eigenvalue weighted by molar-refractivity contribution is 5.95. The summed E-state index contributed by atoms with van der Waals surface area (Å²) in [5.41, 5.74) is 6.53. The molecule has 4 rings (SSSR count). The van der Waals surface area contributed by atoms with Crippen molar-refractivity contribution in [2.75, 3.05) is 0 Å². The molecule has 0 bridgehead atoms. The fourth-order valence-corrected chi connectivity index (χ4v) is 3.62. The molecular formula is C19H20N2O2. The lowest BCUT2D eigenvalue weighted by Crippen LogP contribution is -2.21. The minimum atomic E-state index is -0.899. The van der Waals surface area contributed by atoms with Gasteiger partial charge in [-0.2, -0.15) is 0 Å². The number of rotatable bonds is 2. The van der Waals surface area contributed by atoms with Crippen LogP contribution in [0.5, 0.6) is 0 Å². The predicted molar refractivity (Wildman–Crippen MR) is 90.9 cm³/mol. The number of hydrogen-bond donors (Lipinski definition) is 3. The van der Waals surface area contributed by atoms with Crippen molar-refractivity contribution >= 4 is 16.9 Å². The Hall–Kier alpha value is -2.49. The first kappa shape index (κ1) is 14.1. The van der Waals surface area contributed by atoms with Crippen molar-refractivity contribution in [2.45, 2.75) is 33.1 Å². The van der Waals surface area contributed by atoms with Crippen molar-refractivity contribution in [3.05, 3.63) is 47.3 Å². The van der Waals surface area contributed by atoms with E-state index in [0.29, 0.717) is 11.0 Å². The van der Waals surface area contributed by atoms with E-state index in [0.717, 1.165) is 29.4 Å². The van der Waals surface area contributed by atoms with Gasteiger partial charge in [-0.05, 0) is 48.4 Å². The molecule has 4 heteroatoms. The fraction of sp³-hybridized carbons (Fsp3) is 0.316. The quantitative estimate of drug-likeness (QED) is 0.657. The highest BCUT2D eigenvalue weighted by Crippen LogP contribution is 2.39. The van der Waals surface area contributed by atoms with E-state index < -0.39 is 5.97 Å². The van der Waals surface area contributed by atoms with Crippen LogP contribution in [-0.4, -0.2) is 21.0 Å². The Balaban J connectivity index is 1.78. The summed E-state index contributed by atoms with van der Waals surface area (Å²) in [6, 6.07) is 7.31. The molecule has 0 aliphatic heterocycles. The number of fused-ring (bicyclic) bond motifs is 2. The molecule has 2 aromatic heterocycles. The summed E-state index contributed by atoms with van der Waals surface area (Å²) in [6.07, 6.45) is 5.42. The summed E-state index contributed by atoms with van der Waals surface area (Å²) in [5.74, 6) is -0.899. The van der Waals surface area contributed by atoms with E-state index in [4.69, 9.17) is 5.11 Å². The summed E-state index contributed by atoms with van der Waals surface area (Å²) < 4.78 is 0. The molecule has 0 unspecified atom stereocenters. The van der Waals surface area contributed by atoms with E-state index in [1.165, 1.54) is 23.2 Å². The summed E-state index contributed by atoms with van der Waals surface area (Å²) >= 11 is 0. The number of benzene rings is 1. The van der Waals surface area contributed by atoms with Crippen molar-refractivity contribution < 1.29 is 9.90 Å². The van der Waals surface area contributed by atoms with Crippen molar-refractivity contribution in [3.63, 3.8) is 0 Å². The molecule has 2 heterocycles. The van der Waals surface area contributed by atoms with Gasteiger partial charge in [-0.25, -0.2) is 4.79 Å². The average Bonchev–Trinajstić information content (AvgIpc) is 3.07. The molecule has 1 aliphatic rings. The Morgan fingerprint density at radius 3 is 2.87 bits per heavy atom. The summed E-state index contributed by atoms with van der Waals surface area (Å²) in [4.78, 5) is 17.9. The molecule has 0 atom stereocenters. The van der Waals surface area contributed by atoms with Crippen molar-refractivity contribution in [1.82, 2.24) is 9.97 Å². The smallest absolute Gasteiger partial charge is 0.335 e. The van der Waals surface area contributed by atoms with Crippen LogP contribution in [0.25, 0.3) is 22.2 Å². The number of carbonyl (C=O) groups is 1. The van der Waals surface area contributed by atoms with Gasteiger partial charge in [-0.1, -0.05) is 19.9 Å². The third-order valence-electron chi connectivity index (χ3n) is 4.95. The van der Waals surface area contributed by atoms with Crippen molar-refractivity contribution in [1.29, 1.82) is 0 Å². The number of H-pyrrole nitrogens is 2. The second-order valence-corrected chi connectivity index (χ2v) is 7.29. The first-order chi connectivity index (χ1) is 10.9. The number of nitrogens with one attached hydrogen (secondary N) is 2. The lowest BCUT2D eigenvalue weighted by molar-refractivity contribution is 0.0697. The maximum Gasteiger partial charge on any atom is 0.335 e. The van der Waals surface area contributed by atoms with Crippen LogP contribution in [0, 0.1) is 5.41 Å². The standard InChI is InChI=1S/C19H20N2O2/c1-19(2)6-5-13-14(10-20-17(13)9-19)16-7-11-3-4-12(18(22)23)8-15(11)21-16/h3-4,7-8,10,20-21H,5-6,9H2,1-2H3,(H,22,23). The fourth-order valence-electron chi connectivity index (χ4n) is 3.62. The van der Waals surface area contributed by atoms with E-state index in [2.05, 4.69) is 36.1 Å². The number of aromatic carboxylic acids is 1. The summed E-state index contributed by atoms with van der Waals surface area (Å²) in [5, 5.41) is 10.2. The Morgan fingerprint density at radius 2 is 2.09 bits per heavy atom. The number of carboxylic acid groups (broad SMARTS) is 1. The van der Waals surface area contributed by atoms with Gasteiger partial charge in [0.2, 0.25) is 0 Å². The Kier molecular flexibility index (Phi) is 2.92. The van der Waals surface area contributed by atoms with Crippen LogP contribution in [0.2, 0.25) is 0 Å². The molecule has 1 aliphatic carbocycles. The van der Waals surface area contributed by atoms with Crippen LogP contribution >= 0.6 is 0 Å². The first-order valence-electron chi connectivity index (χ1n) is 7.98. The topological polar surface area (TPSA) is 68.9 Å². The monoisotopic (exact) mass is 308 g/mol. The van der Waals surface area contributed by atoms with Gasteiger partial charge in [0.15, 0.2) is 0 Å². The summed E-state index contributed by atoms with van der Waals surface area (Å²) in [7, 11) is 0. The third-order valence-corrected chi connectivity index (χ3v) is 4.95. The molecule has 0 spiro atoms. The van der Waals surface area contributed by atoms with Gasteiger partial charge in [0, 0.05) is 34.1 Å². The van der Waals surface area contributed by atoms with Crippen LogP contribution in [-0.2, 0) is 12.8 Å². The minimum absolute atomic E-state index is 0.309. The average molecular weight is 308 g/mol. The molecule has 0 radical (unpaired) electrons. The second kappa shape index (κ2) is 4.75. The zero-order chi connectivity index (χ0) is 16.2. The lowest BCUT2D eigenvalue weighted by atomic mass is 9.76. The maximum absolute atomic E-state index is 11.1. The molecule has 0 fully saturated rings. The Bertz CT molecular complexity index is 915. The van der Waals surface area contributed by atoms with Gasteiger partial charge in [0.25, 0.3) is 0 Å². The highest BCUT2D eigenvalue weighted by atomic mass is 16.4. The van der Waals surface area contributed by atoms with Gasteiger partial charge < -0.3 is 15.1 Å². The van der Waals surface area contributed by atoms with Crippen LogP contribution in [0.3, 0.4) is 0 Å². The van der Waals surface area contributed by atoms with Gasteiger partial charge in [0.05, 0.1) is 5.56 Å². The number of aromatic nitrogens is 2. The molecule has 3 aromatic rings. The Morgan fingerprint density at radius 1 is 1.26 bits per heavy atom. The predicted octanol–water partition coefficient (Wildman–Crippen LogP) is 4.38. The first-order valence-corrected chi connectivity index (χ1v) is 7.98. The molecule has 4 nitrogen and oxygen atoms in total. The minimum Gasteiger partial charge on any atom is -0.478 e. The third kappa shape index (κ3) is 2.34. The molecule has 0 saturated carbocycles. The molecule has 0 amide bonds. The number of hydrogen-bond acceptors (Lipinski definition) is 1. The van der Waals surface area contributed by atoms with Crippen LogP contribution in [0.1, 0.15) is 41.9 Å². The molecule has 3 N–H and O–H groups in total. The molecule has 118 valence electrons. The molecule has 0 saturated heterocycles. The lowest BCUT2D eigenvalue weighted by Gasteiger charge is -2.29. The largest absolute Gasteiger partial charge is 0.478 e. The van der Waals surface area contributed by atoms with E-state index in [9.17, 15) is 4.79 Å². The van der Waals surface area contributed by atoms with Gasteiger partial charge in [0.1, 0.15) is 0 Å². The van der Waals surface area contributed by atoms with Gasteiger partial charge in [-0.15, -0.1) is 0 Å².